The predicted octanol–water partition coefficient (Wildman–Crippen LogP) is 4.56. The van der Waals surface area contributed by atoms with Crippen molar-refractivity contribution in [2.75, 3.05) is 18.4 Å². The van der Waals surface area contributed by atoms with Gasteiger partial charge in [0.2, 0.25) is 5.91 Å². The molecule has 3 heterocycles. The summed E-state index contributed by atoms with van der Waals surface area (Å²) >= 11 is 0. The molecule has 0 atom stereocenters. The summed E-state index contributed by atoms with van der Waals surface area (Å²) in [5, 5.41) is 8.39. The molecule has 1 aromatic heterocycles. The molecule has 0 bridgehead atoms. The molecule has 5 rings (SSSR count). The van der Waals surface area contributed by atoms with E-state index in [0.29, 0.717) is 6.42 Å². The van der Waals surface area contributed by atoms with Gasteiger partial charge in [0.15, 0.2) is 5.58 Å². The molecule has 5 nitrogen and oxygen atoms in total. The Morgan fingerprint density at radius 3 is 2.76 bits per heavy atom. The first kappa shape index (κ1) is 18.4. The molecule has 2 aliphatic rings. The van der Waals surface area contributed by atoms with Gasteiger partial charge in [-0.1, -0.05) is 35.5 Å². The lowest BCUT2D eigenvalue weighted by Crippen LogP contribution is -2.33. The van der Waals surface area contributed by atoms with Crippen molar-refractivity contribution in [1.82, 2.24) is 10.1 Å². The summed E-state index contributed by atoms with van der Waals surface area (Å²) in [5.41, 5.74) is 5.31. The summed E-state index contributed by atoms with van der Waals surface area (Å²) in [6, 6.07) is 14.8. The molecule has 1 fully saturated rings. The van der Waals surface area contributed by atoms with E-state index in [1.807, 2.05) is 6.07 Å². The number of nitrogens with one attached hydrogen (secondary N) is 1. The minimum Gasteiger partial charge on any atom is -0.356 e. The smallest absolute Gasteiger partial charge is 0.224 e. The van der Waals surface area contributed by atoms with Crippen molar-refractivity contribution in [2.24, 2.45) is 5.92 Å². The van der Waals surface area contributed by atoms with Gasteiger partial charge in [-0.15, -0.1) is 0 Å². The molecule has 2 aliphatic heterocycles. The fourth-order valence-corrected chi connectivity index (χ4v) is 4.66. The number of likely N-dealkylation sites (tertiary alicyclic amines) is 1. The Morgan fingerprint density at radius 2 is 1.93 bits per heavy atom. The van der Waals surface area contributed by atoms with Crippen molar-refractivity contribution in [3.05, 3.63) is 59.3 Å². The molecule has 0 unspecified atom stereocenters. The Bertz CT molecular complexity index is 1000. The number of benzene rings is 2. The van der Waals surface area contributed by atoms with E-state index in [0.717, 1.165) is 54.1 Å². The first-order chi connectivity index (χ1) is 14.2. The Morgan fingerprint density at radius 1 is 1.10 bits per heavy atom. The molecular weight excluding hydrogens is 362 g/mol. The topological polar surface area (TPSA) is 58.4 Å². The quantitative estimate of drug-likeness (QED) is 0.695. The van der Waals surface area contributed by atoms with E-state index in [2.05, 4.69) is 51.8 Å². The highest BCUT2D eigenvalue weighted by molar-refractivity contribution is 5.97. The van der Waals surface area contributed by atoms with E-state index < -0.39 is 0 Å². The van der Waals surface area contributed by atoms with Crippen LogP contribution in [0.4, 0.5) is 5.69 Å². The molecule has 0 radical (unpaired) electrons. The molecule has 0 aliphatic carbocycles. The van der Waals surface area contributed by atoms with Crippen molar-refractivity contribution in [3.8, 4) is 0 Å². The van der Waals surface area contributed by atoms with Crippen LogP contribution in [-0.4, -0.2) is 29.1 Å². The van der Waals surface area contributed by atoms with Crippen LogP contribution >= 0.6 is 0 Å². The summed E-state index contributed by atoms with van der Waals surface area (Å²) in [6.45, 7) is 3.40. The lowest BCUT2D eigenvalue weighted by atomic mass is 9.90. The van der Waals surface area contributed by atoms with Crippen molar-refractivity contribution < 1.29 is 9.32 Å². The average Bonchev–Trinajstić information content (AvgIpc) is 3.14. The largest absolute Gasteiger partial charge is 0.356 e. The van der Waals surface area contributed by atoms with Crippen LogP contribution in [-0.2, 0) is 24.2 Å². The van der Waals surface area contributed by atoms with Crippen LogP contribution in [0.15, 0.2) is 47.0 Å². The van der Waals surface area contributed by atoms with Crippen molar-refractivity contribution in [3.63, 3.8) is 0 Å². The highest BCUT2D eigenvalue weighted by atomic mass is 16.5. The summed E-state index contributed by atoms with van der Waals surface area (Å²) in [7, 11) is 0. The third-order valence-corrected chi connectivity index (χ3v) is 6.41. The second kappa shape index (κ2) is 7.99. The number of fused-ring (bicyclic) bond motifs is 2. The van der Waals surface area contributed by atoms with E-state index >= 15 is 0 Å². The second-order valence-corrected chi connectivity index (χ2v) is 8.43. The number of piperidine rings is 1. The first-order valence-electron chi connectivity index (χ1n) is 10.7. The van der Waals surface area contributed by atoms with Gasteiger partial charge in [-0.25, -0.2) is 0 Å². The Labute approximate surface area is 171 Å². The van der Waals surface area contributed by atoms with E-state index in [-0.39, 0.29) is 5.91 Å². The number of aryl methyl sites for hydroxylation is 2. The minimum absolute atomic E-state index is 0.0789. The predicted molar refractivity (Wildman–Crippen MR) is 114 cm³/mol. The van der Waals surface area contributed by atoms with Gasteiger partial charge in [0.1, 0.15) is 0 Å². The van der Waals surface area contributed by atoms with Crippen molar-refractivity contribution >= 4 is 22.6 Å². The van der Waals surface area contributed by atoms with Crippen LogP contribution in [0.25, 0.3) is 11.0 Å². The number of nitrogens with zero attached hydrogens (tertiary/aromatic N) is 2. The van der Waals surface area contributed by atoms with E-state index in [1.165, 1.54) is 37.1 Å². The maximum Gasteiger partial charge on any atom is 0.224 e. The SMILES string of the molecule is O=C1CCc2cc3c(CCC4CCN(Cc5ccccc5)CC4)noc3cc2N1. The molecule has 5 heteroatoms. The summed E-state index contributed by atoms with van der Waals surface area (Å²) in [4.78, 5) is 14.2. The van der Waals surface area contributed by atoms with Gasteiger partial charge >= 0.3 is 0 Å². The summed E-state index contributed by atoms with van der Waals surface area (Å²) in [6.07, 6.45) is 5.98. The van der Waals surface area contributed by atoms with Crippen LogP contribution in [0, 0.1) is 5.92 Å². The average molecular weight is 389 g/mol. The first-order valence-corrected chi connectivity index (χ1v) is 10.7. The van der Waals surface area contributed by atoms with Gasteiger partial charge in [-0.05, 0) is 68.3 Å². The van der Waals surface area contributed by atoms with Crippen LogP contribution in [0.2, 0.25) is 0 Å². The van der Waals surface area contributed by atoms with Crippen LogP contribution < -0.4 is 5.32 Å². The van der Waals surface area contributed by atoms with Gasteiger partial charge < -0.3 is 9.84 Å². The Kier molecular flexibility index (Phi) is 5.06. The van der Waals surface area contributed by atoms with Gasteiger partial charge in [0, 0.05) is 30.1 Å². The molecular formula is C24H27N3O2. The highest BCUT2D eigenvalue weighted by Crippen LogP contribution is 2.31. The molecule has 2 aromatic carbocycles. The second-order valence-electron chi connectivity index (χ2n) is 8.43. The number of hydrogen-bond donors (Lipinski definition) is 1. The molecule has 150 valence electrons. The molecule has 1 N–H and O–H groups in total. The number of amides is 1. The number of carbonyl (C=O) groups excluding carboxylic acids is 1. The van der Waals surface area contributed by atoms with E-state index in [1.54, 1.807) is 0 Å². The highest BCUT2D eigenvalue weighted by Gasteiger charge is 2.22. The van der Waals surface area contributed by atoms with Gasteiger partial charge in [-0.3, -0.25) is 9.69 Å². The summed E-state index contributed by atoms with van der Waals surface area (Å²) in [5.74, 6) is 0.834. The number of carbonyl (C=O) groups is 1. The third kappa shape index (κ3) is 4.06. The molecule has 1 saturated heterocycles. The summed E-state index contributed by atoms with van der Waals surface area (Å²) < 4.78 is 5.56. The normalized spacial score (nSPS) is 18.0. The van der Waals surface area contributed by atoms with Crippen molar-refractivity contribution in [2.45, 2.75) is 45.1 Å². The lowest BCUT2D eigenvalue weighted by Gasteiger charge is -2.32. The Balaban J connectivity index is 1.18. The zero-order chi connectivity index (χ0) is 19.6. The Hall–Kier alpha value is -2.66. The number of hydrogen-bond acceptors (Lipinski definition) is 4. The third-order valence-electron chi connectivity index (χ3n) is 6.41. The molecule has 1 amide bonds. The molecule has 0 saturated carbocycles. The minimum atomic E-state index is 0.0789. The molecule has 29 heavy (non-hydrogen) atoms. The van der Waals surface area contributed by atoms with Gasteiger partial charge in [0.05, 0.1) is 5.69 Å². The van der Waals surface area contributed by atoms with Gasteiger partial charge in [-0.2, -0.15) is 0 Å². The van der Waals surface area contributed by atoms with E-state index in [9.17, 15) is 4.79 Å². The van der Waals surface area contributed by atoms with Crippen LogP contribution in [0.3, 0.4) is 0 Å². The zero-order valence-electron chi connectivity index (χ0n) is 16.7. The zero-order valence-corrected chi connectivity index (χ0v) is 16.7. The monoisotopic (exact) mass is 389 g/mol. The molecule has 3 aromatic rings. The fourth-order valence-electron chi connectivity index (χ4n) is 4.66. The number of aromatic nitrogens is 1. The lowest BCUT2D eigenvalue weighted by molar-refractivity contribution is -0.116. The number of rotatable bonds is 5. The van der Waals surface area contributed by atoms with Gasteiger partial charge in [0.25, 0.3) is 0 Å². The van der Waals surface area contributed by atoms with Crippen LogP contribution in [0.5, 0.6) is 0 Å². The number of anilines is 1. The fraction of sp³-hybridized carbons (Fsp3) is 0.417. The van der Waals surface area contributed by atoms with E-state index in [4.69, 9.17) is 4.52 Å². The van der Waals surface area contributed by atoms with Crippen molar-refractivity contribution in [1.29, 1.82) is 0 Å². The molecule has 0 spiro atoms. The standard InChI is InChI=1S/C24H27N3O2/c28-24-9-7-19-14-20-21(26-29-23(20)15-22(19)25-24)8-6-17-10-12-27(13-11-17)16-18-4-2-1-3-5-18/h1-5,14-15,17H,6-13,16H2,(H,25,28). The maximum atomic E-state index is 11.6. The maximum absolute atomic E-state index is 11.6. The van der Waals surface area contributed by atoms with Crippen LogP contribution in [0.1, 0.15) is 42.5 Å².